The average molecular weight is 504 g/mol. The Labute approximate surface area is 217 Å². The number of rotatable bonds is 10. The number of amides is 2. The van der Waals surface area contributed by atoms with E-state index in [0.29, 0.717) is 12.0 Å². The molecule has 0 fully saturated rings. The molecule has 0 radical (unpaired) electrons. The lowest BCUT2D eigenvalue weighted by molar-refractivity contribution is -0.117. The Morgan fingerprint density at radius 2 is 1.81 bits per heavy atom. The third kappa shape index (κ3) is 6.06. The average Bonchev–Trinajstić information content (AvgIpc) is 3.25. The van der Waals surface area contributed by atoms with Crippen LogP contribution in [0.15, 0.2) is 75.9 Å². The SMILES string of the molecule is CCCC1=NNC(=O)/C1=C1/C=C(Sc2ccc(NC(=O)CCN(CC)CC)cc2)c2ccccc2N1. The van der Waals surface area contributed by atoms with Crippen molar-refractivity contribution in [3.8, 4) is 0 Å². The topological polar surface area (TPSA) is 85.8 Å². The highest BCUT2D eigenvalue weighted by atomic mass is 32.2. The van der Waals surface area contributed by atoms with Crippen LogP contribution in [0, 0.1) is 0 Å². The molecule has 2 aromatic carbocycles. The fraction of sp³-hybridized carbons (Fsp3) is 0.321. The summed E-state index contributed by atoms with van der Waals surface area (Å²) in [6.07, 6.45) is 4.15. The van der Waals surface area contributed by atoms with E-state index in [1.165, 1.54) is 0 Å². The maximum atomic E-state index is 12.6. The van der Waals surface area contributed by atoms with Crippen molar-refractivity contribution in [1.82, 2.24) is 10.3 Å². The number of para-hydroxylation sites is 1. The number of hydrazone groups is 1. The van der Waals surface area contributed by atoms with Crippen LogP contribution in [-0.2, 0) is 9.59 Å². The van der Waals surface area contributed by atoms with Crippen LogP contribution in [0.1, 0.15) is 45.6 Å². The molecule has 7 nitrogen and oxygen atoms in total. The van der Waals surface area contributed by atoms with Gasteiger partial charge in [0.2, 0.25) is 5.91 Å². The molecule has 2 heterocycles. The minimum atomic E-state index is -0.179. The summed E-state index contributed by atoms with van der Waals surface area (Å²) in [5.74, 6) is -0.157. The summed E-state index contributed by atoms with van der Waals surface area (Å²) < 4.78 is 0. The van der Waals surface area contributed by atoms with Crippen molar-refractivity contribution >= 4 is 45.6 Å². The van der Waals surface area contributed by atoms with Crippen LogP contribution in [-0.4, -0.2) is 42.1 Å². The molecule has 0 atom stereocenters. The lowest BCUT2D eigenvalue weighted by atomic mass is 10.0. The Bertz CT molecular complexity index is 1210. The predicted octanol–water partition coefficient (Wildman–Crippen LogP) is 5.46. The zero-order valence-corrected chi connectivity index (χ0v) is 21.9. The van der Waals surface area contributed by atoms with E-state index in [1.54, 1.807) is 11.8 Å². The van der Waals surface area contributed by atoms with Crippen LogP contribution >= 0.6 is 11.8 Å². The molecule has 0 spiro atoms. The summed E-state index contributed by atoms with van der Waals surface area (Å²) in [4.78, 5) is 29.2. The molecule has 0 saturated carbocycles. The molecule has 0 unspecified atom stereocenters. The molecule has 2 aromatic rings. The lowest BCUT2D eigenvalue weighted by Crippen LogP contribution is -2.27. The van der Waals surface area contributed by atoms with Crippen LogP contribution in [0.5, 0.6) is 0 Å². The van der Waals surface area contributed by atoms with Crippen LogP contribution < -0.4 is 16.1 Å². The highest BCUT2D eigenvalue weighted by Crippen LogP contribution is 2.42. The van der Waals surface area contributed by atoms with Gasteiger partial charge in [0.15, 0.2) is 0 Å². The lowest BCUT2D eigenvalue weighted by Gasteiger charge is -2.22. The van der Waals surface area contributed by atoms with Gasteiger partial charge in [0, 0.05) is 39.7 Å². The summed E-state index contributed by atoms with van der Waals surface area (Å²) >= 11 is 1.63. The first-order valence-corrected chi connectivity index (χ1v) is 13.3. The zero-order chi connectivity index (χ0) is 25.5. The monoisotopic (exact) mass is 503 g/mol. The van der Waals surface area contributed by atoms with Crippen LogP contribution in [0.4, 0.5) is 11.4 Å². The maximum absolute atomic E-state index is 12.6. The van der Waals surface area contributed by atoms with Gasteiger partial charge in [-0.1, -0.05) is 57.2 Å². The molecule has 0 saturated heterocycles. The highest BCUT2D eigenvalue weighted by Gasteiger charge is 2.28. The van der Waals surface area contributed by atoms with E-state index in [-0.39, 0.29) is 11.8 Å². The molecule has 4 rings (SSSR count). The minimum absolute atomic E-state index is 0.0212. The van der Waals surface area contributed by atoms with Crippen molar-refractivity contribution in [2.75, 3.05) is 30.3 Å². The van der Waals surface area contributed by atoms with Gasteiger partial charge in [0.05, 0.1) is 17.0 Å². The Balaban J connectivity index is 1.52. The molecule has 0 aromatic heterocycles. The van der Waals surface area contributed by atoms with Gasteiger partial charge >= 0.3 is 0 Å². The fourth-order valence-corrected chi connectivity index (χ4v) is 5.22. The van der Waals surface area contributed by atoms with Gasteiger partial charge in [-0.3, -0.25) is 9.59 Å². The van der Waals surface area contributed by atoms with Gasteiger partial charge < -0.3 is 15.5 Å². The number of anilines is 2. The summed E-state index contributed by atoms with van der Waals surface area (Å²) in [6, 6.07) is 16.0. The fourth-order valence-electron chi connectivity index (χ4n) is 4.23. The number of allylic oxidation sites excluding steroid dienone is 1. The largest absolute Gasteiger partial charge is 0.354 e. The number of carbonyl (C=O) groups excluding carboxylic acids is 2. The second kappa shape index (κ2) is 12.1. The molecular weight excluding hydrogens is 470 g/mol. The molecule has 3 N–H and O–H groups in total. The van der Waals surface area contributed by atoms with Gasteiger partial charge in [-0.2, -0.15) is 5.10 Å². The number of nitrogens with one attached hydrogen (secondary N) is 3. The molecule has 2 amide bonds. The standard InChI is InChI=1S/C28H33N5O2S/c1-4-9-23-27(28(35)32-31-23)24-18-25(21-10-7-8-11-22(21)30-24)36-20-14-12-19(13-15-20)29-26(34)16-17-33(5-2)6-3/h7-8,10-15,18,30H,4-6,9,16-17H2,1-3H3,(H,29,34)(H,32,35)/b27-24-. The molecule has 36 heavy (non-hydrogen) atoms. The highest BCUT2D eigenvalue weighted by molar-refractivity contribution is 8.08. The first-order chi connectivity index (χ1) is 17.5. The summed E-state index contributed by atoms with van der Waals surface area (Å²) in [6.45, 7) is 8.93. The van der Waals surface area contributed by atoms with E-state index in [4.69, 9.17) is 0 Å². The van der Waals surface area contributed by atoms with Gasteiger partial charge in [-0.05, 0) is 55.9 Å². The molecule has 0 aliphatic carbocycles. The van der Waals surface area contributed by atoms with Crippen molar-refractivity contribution in [1.29, 1.82) is 0 Å². The van der Waals surface area contributed by atoms with Crippen LogP contribution in [0.3, 0.4) is 0 Å². The third-order valence-electron chi connectivity index (χ3n) is 6.22. The minimum Gasteiger partial charge on any atom is -0.354 e. The first-order valence-electron chi connectivity index (χ1n) is 12.5. The van der Waals surface area contributed by atoms with Crippen molar-refractivity contribution in [3.63, 3.8) is 0 Å². The number of benzene rings is 2. The number of carbonyl (C=O) groups is 2. The molecule has 8 heteroatoms. The smallest absolute Gasteiger partial charge is 0.275 e. The molecular formula is C28H33N5O2S. The zero-order valence-electron chi connectivity index (χ0n) is 21.1. The number of nitrogens with zero attached hydrogens (tertiary/aromatic N) is 2. The Hall–Kier alpha value is -3.36. The third-order valence-corrected chi connectivity index (χ3v) is 7.28. The second-order valence-electron chi connectivity index (χ2n) is 8.67. The van der Waals surface area contributed by atoms with Crippen molar-refractivity contribution in [3.05, 3.63) is 71.4 Å². The van der Waals surface area contributed by atoms with E-state index >= 15 is 0 Å². The number of thioether (sulfide) groups is 1. The summed E-state index contributed by atoms with van der Waals surface area (Å²) in [5, 5.41) is 10.7. The molecule has 188 valence electrons. The van der Waals surface area contributed by atoms with E-state index in [1.807, 2.05) is 48.5 Å². The van der Waals surface area contributed by atoms with E-state index in [9.17, 15) is 9.59 Å². The Kier molecular flexibility index (Phi) is 8.61. The normalized spacial score (nSPS) is 16.7. The second-order valence-corrected chi connectivity index (χ2v) is 9.78. The van der Waals surface area contributed by atoms with E-state index < -0.39 is 0 Å². The van der Waals surface area contributed by atoms with Crippen molar-refractivity contribution in [2.45, 2.75) is 44.9 Å². The number of fused-ring (bicyclic) bond motifs is 1. The number of hydrogen-bond acceptors (Lipinski definition) is 6. The molecule has 2 aliphatic heterocycles. The van der Waals surface area contributed by atoms with Crippen molar-refractivity contribution < 1.29 is 9.59 Å². The van der Waals surface area contributed by atoms with E-state index in [0.717, 1.165) is 70.6 Å². The van der Waals surface area contributed by atoms with Gasteiger partial charge in [-0.25, -0.2) is 5.43 Å². The van der Waals surface area contributed by atoms with E-state index in [2.05, 4.69) is 52.9 Å². The first kappa shape index (κ1) is 25.7. The van der Waals surface area contributed by atoms with Gasteiger partial charge in [0.1, 0.15) is 0 Å². The Morgan fingerprint density at radius 1 is 1.06 bits per heavy atom. The maximum Gasteiger partial charge on any atom is 0.275 e. The van der Waals surface area contributed by atoms with Crippen LogP contribution in [0.2, 0.25) is 0 Å². The Morgan fingerprint density at radius 3 is 2.53 bits per heavy atom. The summed E-state index contributed by atoms with van der Waals surface area (Å²) in [5.41, 5.74) is 7.58. The van der Waals surface area contributed by atoms with Crippen LogP contribution in [0.25, 0.3) is 4.91 Å². The quantitative estimate of drug-likeness (QED) is 0.375. The molecule has 0 bridgehead atoms. The van der Waals surface area contributed by atoms with Gasteiger partial charge in [-0.15, -0.1) is 0 Å². The molecule has 2 aliphatic rings. The van der Waals surface area contributed by atoms with Crippen molar-refractivity contribution in [2.24, 2.45) is 5.10 Å². The predicted molar refractivity (Wildman–Crippen MR) is 149 cm³/mol. The summed E-state index contributed by atoms with van der Waals surface area (Å²) in [7, 11) is 0. The number of hydrogen-bond donors (Lipinski definition) is 3. The van der Waals surface area contributed by atoms with Gasteiger partial charge in [0.25, 0.3) is 5.91 Å².